The van der Waals surface area contributed by atoms with Gasteiger partial charge in [0.05, 0.1) is 5.69 Å². The molecule has 0 radical (unpaired) electrons. The minimum absolute atomic E-state index is 0.208. The minimum Gasteiger partial charge on any atom is -0.455 e. The highest BCUT2D eigenvalue weighted by molar-refractivity contribution is 6.22. The second-order valence-corrected chi connectivity index (χ2v) is 21.9. The normalized spacial score (nSPS) is 12.4. The van der Waals surface area contributed by atoms with E-state index in [0.29, 0.717) is 0 Å². The number of para-hydroxylation sites is 5. The van der Waals surface area contributed by atoms with Crippen molar-refractivity contribution in [2.75, 3.05) is 4.90 Å². The zero-order valence-corrected chi connectivity index (χ0v) is 44.5. The van der Waals surface area contributed by atoms with Crippen LogP contribution >= 0.6 is 0 Å². The van der Waals surface area contributed by atoms with Gasteiger partial charge in [0.1, 0.15) is 27.9 Å². The summed E-state index contributed by atoms with van der Waals surface area (Å²) < 4.78 is 27.7. The highest BCUT2D eigenvalue weighted by Gasteiger charge is 2.24. The topological polar surface area (TPSA) is 55.8 Å². The molecular formula is C77H49NO4. The summed E-state index contributed by atoms with van der Waals surface area (Å²) in [6, 6.07) is 95.4. The number of benzene rings is 13. The van der Waals surface area contributed by atoms with Gasteiger partial charge in [-0.25, -0.2) is 0 Å². The Hall–Kier alpha value is -10.6. The molecule has 0 aliphatic rings. The van der Waals surface area contributed by atoms with Crippen LogP contribution in [0.4, 0.5) is 17.1 Å². The van der Waals surface area contributed by atoms with Crippen LogP contribution in [-0.4, -0.2) is 0 Å². The summed E-state index contributed by atoms with van der Waals surface area (Å²) in [4.78, 5) is 2.30. The minimum atomic E-state index is 0.208. The predicted molar refractivity (Wildman–Crippen MR) is 339 cm³/mol. The molecule has 0 bridgehead atoms. The zero-order chi connectivity index (χ0) is 53.8. The van der Waals surface area contributed by atoms with Gasteiger partial charge in [-0.15, -0.1) is 0 Å². The van der Waals surface area contributed by atoms with Gasteiger partial charge < -0.3 is 22.6 Å². The van der Waals surface area contributed by atoms with Crippen molar-refractivity contribution in [1.82, 2.24) is 0 Å². The molecule has 1 atom stereocenters. The van der Waals surface area contributed by atoms with E-state index < -0.39 is 0 Å². The Morgan fingerprint density at radius 3 is 1.41 bits per heavy atom. The summed E-state index contributed by atoms with van der Waals surface area (Å²) in [5, 5.41) is 13.1. The monoisotopic (exact) mass is 1050 g/mol. The Morgan fingerprint density at radius 1 is 0.293 bits per heavy atom. The maximum atomic E-state index is 6.97. The molecule has 0 saturated carbocycles. The van der Waals surface area contributed by atoms with Gasteiger partial charge >= 0.3 is 0 Å². The van der Waals surface area contributed by atoms with Crippen LogP contribution in [0.1, 0.15) is 22.6 Å². The smallest absolute Gasteiger partial charge is 0.178 e. The molecule has 0 N–H and O–H groups in total. The molecule has 4 heterocycles. The number of hydrogen-bond donors (Lipinski definition) is 0. The third-order valence-corrected chi connectivity index (χ3v) is 17.1. The van der Waals surface area contributed by atoms with E-state index in [2.05, 4.69) is 266 Å². The van der Waals surface area contributed by atoms with Crippen LogP contribution in [0, 0.1) is 0 Å². The molecular weight excluding hydrogens is 1000 g/mol. The highest BCUT2D eigenvalue weighted by atomic mass is 16.4. The Labute approximate surface area is 471 Å². The van der Waals surface area contributed by atoms with Crippen LogP contribution in [0.5, 0.6) is 0 Å². The van der Waals surface area contributed by atoms with E-state index in [0.717, 1.165) is 156 Å². The van der Waals surface area contributed by atoms with Crippen molar-refractivity contribution in [3.63, 3.8) is 0 Å². The fraction of sp³-hybridized carbons (Fsp3) is 0.0390. The summed E-state index contributed by atoms with van der Waals surface area (Å²) in [6.45, 7) is 0. The molecule has 13 aromatic carbocycles. The Kier molecular flexibility index (Phi) is 10.4. The van der Waals surface area contributed by atoms with E-state index >= 15 is 0 Å². The average Bonchev–Trinajstić information content (AvgIpc) is 3.74. The van der Waals surface area contributed by atoms with Gasteiger partial charge in [0.25, 0.3) is 0 Å². The Bertz CT molecular complexity index is 5340. The molecule has 4 aromatic heterocycles. The molecule has 17 aromatic rings. The summed E-state index contributed by atoms with van der Waals surface area (Å²) in [7, 11) is 0. The maximum Gasteiger partial charge on any atom is 0.178 e. The number of hydrogen-bond acceptors (Lipinski definition) is 5. The second-order valence-electron chi connectivity index (χ2n) is 21.9. The van der Waals surface area contributed by atoms with Crippen LogP contribution < -0.4 is 4.90 Å². The summed E-state index contributed by atoms with van der Waals surface area (Å²) in [5.74, 6) is 0.208. The van der Waals surface area contributed by atoms with E-state index in [-0.39, 0.29) is 5.92 Å². The molecule has 5 heteroatoms. The van der Waals surface area contributed by atoms with E-state index in [1.807, 2.05) is 6.07 Å². The van der Waals surface area contributed by atoms with Crippen molar-refractivity contribution < 1.29 is 17.7 Å². The van der Waals surface area contributed by atoms with Crippen LogP contribution in [0.3, 0.4) is 0 Å². The summed E-state index contributed by atoms with van der Waals surface area (Å²) in [6.07, 6.45) is 1.69. The lowest BCUT2D eigenvalue weighted by Crippen LogP contribution is -2.10. The molecule has 17 rings (SSSR count). The van der Waals surface area contributed by atoms with Crippen LogP contribution in [0.2, 0.25) is 0 Å². The zero-order valence-electron chi connectivity index (χ0n) is 44.5. The van der Waals surface area contributed by atoms with Crippen molar-refractivity contribution in [2.24, 2.45) is 0 Å². The number of nitrogens with zero attached hydrogens (tertiary/aromatic N) is 1. The molecule has 0 aliphatic carbocycles. The fourth-order valence-corrected chi connectivity index (χ4v) is 13.2. The summed E-state index contributed by atoms with van der Waals surface area (Å²) in [5.41, 5.74) is 18.0. The first kappa shape index (κ1) is 46.3. The molecule has 0 spiro atoms. The standard InChI is InChI=1S/C77H49NO4/c1-5-17-48(18-6-1)54(41-53-23-13-28-61-62-29-14-26-59(73(62)81-72(53)61)49-19-7-2-8-20-49)39-47-33-34-51-43-67-65-37-38-66-68-44-52-35-36-58(42-56(52)46-71(68)80-77(66)76(65)79-70(67)45-55(51)40-47)78(57-24-11-4-12-25-57)69-32-16-31-64-63-30-15-27-60(74(63)82-75(64)69)50-21-9-3-10-22-50/h1-38,40,42-46,54H,39,41H2/t54-/m1/s1. The molecule has 0 unspecified atom stereocenters. The molecule has 82 heavy (non-hydrogen) atoms. The van der Waals surface area contributed by atoms with Gasteiger partial charge in [-0.1, -0.05) is 200 Å². The first-order chi connectivity index (χ1) is 40.6. The molecule has 0 aliphatic heterocycles. The first-order valence-corrected chi connectivity index (χ1v) is 28.2. The van der Waals surface area contributed by atoms with Crippen LogP contribution in [-0.2, 0) is 12.8 Å². The number of fused-ring (bicyclic) bond motifs is 15. The molecule has 5 nitrogen and oxygen atoms in total. The summed E-state index contributed by atoms with van der Waals surface area (Å²) >= 11 is 0. The first-order valence-electron chi connectivity index (χ1n) is 28.2. The largest absolute Gasteiger partial charge is 0.455 e. The third kappa shape index (κ3) is 7.47. The SMILES string of the molecule is c1ccc(-c2cccc3c2oc2c(C[C@@H](Cc4ccc5cc6c(cc5c4)oc4c6ccc5c6cc7ccc(N(c8ccccc8)c8cccc9c8oc8c(-c%10ccccc%10)cccc89)cc7cc6oc54)c4ccccc4)cccc23)cc1. The van der Waals surface area contributed by atoms with Crippen LogP contribution in [0.25, 0.3) is 132 Å². The van der Waals surface area contributed by atoms with E-state index in [4.69, 9.17) is 17.7 Å². The fourth-order valence-electron chi connectivity index (χ4n) is 13.2. The Balaban J connectivity index is 0.725. The van der Waals surface area contributed by atoms with Gasteiger partial charge in [-0.05, 0) is 135 Å². The highest BCUT2D eigenvalue weighted by Crippen LogP contribution is 2.47. The third-order valence-electron chi connectivity index (χ3n) is 17.1. The lowest BCUT2D eigenvalue weighted by molar-refractivity contribution is 0.634. The molecule has 0 fully saturated rings. The van der Waals surface area contributed by atoms with Gasteiger partial charge in [0, 0.05) is 65.6 Å². The van der Waals surface area contributed by atoms with E-state index in [1.54, 1.807) is 0 Å². The molecule has 0 amide bonds. The van der Waals surface area contributed by atoms with Crippen molar-refractivity contribution in [1.29, 1.82) is 0 Å². The van der Waals surface area contributed by atoms with Crippen molar-refractivity contribution in [3.05, 3.63) is 284 Å². The van der Waals surface area contributed by atoms with Gasteiger partial charge in [0.15, 0.2) is 16.7 Å². The molecule has 0 saturated heterocycles. The van der Waals surface area contributed by atoms with Gasteiger partial charge in [0.2, 0.25) is 0 Å². The Morgan fingerprint density at radius 2 is 0.793 bits per heavy atom. The lowest BCUT2D eigenvalue weighted by Gasteiger charge is -2.25. The number of anilines is 3. The number of rotatable bonds is 10. The van der Waals surface area contributed by atoms with Crippen molar-refractivity contribution in [2.45, 2.75) is 18.8 Å². The average molecular weight is 1050 g/mol. The van der Waals surface area contributed by atoms with Gasteiger partial charge in [-0.2, -0.15) is 0 Å². The quantitative estimate of drug-likeness (QED) is 0.137. The lowest BCUT2D eigenvalue weighted by atomic mass is 9.86. The van der Waals surface area contributed by atoms with Crippen LogP contribution in [0.15, 0.2) is 285 Å². The van der Waals surface area contributed by atoms with Crippen molar-refractivity contribution in [3.8, 4) is 22.3 Å². The maximum absolute atomic E-state index is 6.97. The predicted octanol–water partition coefficient (Wildman–Crippen LogP) is 22.0. The van der Waals surface area contributed by atoms with Gasteiger partial charge in [-0.3, -0.25) is 0 Å². The number of furan rings is 4. The molecule has 386 valence electrons. The van der Waals surface area contributed by atoms with E-state index in [1.165, 1.54) is 22.1 Å². The second kappa shape index (κ2) is 18.5. The van der Waals surface area contributed by atoms with Crippen molar-refractivity contribution >= 4 is 126 Å². The van der Waals surface area contributed by atoms with E-state index in [9.17, 15) is 0 Å².